The van der Waals surface area contributed by atoms with Crippen molar-refractivity contribution in [3.05, 3.63) is 99.5 Å². The fourth-order valence-corrected chi connectivity index (χ4v) is 3.02. The second kappa shape index (κ2) is 9.72. The molecule has 0 aliphatic heterocycles. The number of carbonyl (C=O) groups excluding carboxylic acids is 1. The molecule has 3 aromatic carbocycles. The third-order valence-electron chi connectivity index (χ3n) is 4.18. The first-order valence-electron chi connectivity index (χ1n) is 9.01. The van der Waals surface area contributed by atoms with E-state index >= 15 is 0 Å². The van der Waals surface area contributed by atoms with Crippen LogP contribution in [0.5, 0.6) is 5.75 Å². The van der Waals surface area contributed by atoms with Crippen LogP contribution in [0, 0.1) is 18.3 Å². The maximum absolute atomic E-state index is 12.6. The van der Waals surface area contributed by atoms with Crippen molar-refractivity contribution in [1.29, 1.82) is 5.26 Å². The number of amides is 1. The quantitative estimate of drug-likeness (QED) is 0.379. The molecule has 0 spiro atoms. The highest BCUT2D eigenvalue weighted by Crippen LogP contribution is 2.27. The van der Waals surface area contributed by atoms with Crippen LogP contribution in [0.15, 0.2) is 82.8 Å². The molecule has 0 bridgehead atoms. The smallest absolute Gasteiger partial charge is 0.266 e. The molecule has 0 saturated carbocycles. The van der Waals surface area contributed by atoms with E-state index in [9.17, 15) is 10.1 Å². The minimum atomic E-state index is -0.467. The Balaban J connectivity index is 1.82. The average Bonchev–Trinajstić information content (AvgIpc) is 2.73. The Labute approximate surface area is 178 Å². The molecule has 0 heterocycles. The summed E-state index contributed by atoms with van der Waals surface area (Å²) in [6.45, 7) is 2.36. The number of nitriles is 1. The van der Waals surface area contributed by atoms with Crippen molar-refractivity contribution in [2.45, 2.75) is 13.5 Å². The maximum atomic E-state index is 12.6. The molecule has 0 aliphatic rings. The number of ether oxygens (including phenoxy) is 1. The normalized spacial score (nSPS) is 10.9. The average molecular weight is 447 g/mol. The van der Waals surface area contributed by atoms with Gasteiger partial charge in [0.25, 0.3) is 5.91 Å². The first-order chi connectivity index (χ1) is 14.0. The van der Waals surface area contributed by atoms with Crippen LogP contribution >= 0.6 is 15.9 Å². The molecule has 3 aromatic rings. The van der Waals surface area contributed by atoms with Gasteiger partial charge in [0.15, 0.2) is 0 Å². The number of aryl methyl sites for hydroxylation is 1. The fourth-order valence-electron chi connectivity index (χ4n) is 2.64. The number of benzene rings is 3. The number of nitrogens with one attached hydrogen (secondary N) is 1. The molecule has 3 rings (SSSR count). The van der Waals surface area contributed by atoms with Crippen LogP contribution in [0.3, 0.4) is 0 Å². The minimum absolute atomic E-state index is 0.00626. The Morgan fingerprint density at radius 1 is 1.10 bits per heavy atom. The second-order valence-corrected chi connectivity index (χ2v) is 7.36. The number of halogens is 1. The van der Waals surface area contributed by atoms with E-state index in [0.29, 0.717) is 23.6 Å². The predicted octanol–water partition coefficient (Wildman–Crippen LogP) is 5.88. The molecule has 1 amide bonds. The van der Waals surface area contributed by atoms with Crippen molar-refractivity contribution in [3.8, 4) is 11.8 Å². The summed E-state index contributed by atoms with van der Waals surface area (Å²) < 4.78 is 6.75. The molecule has 144 valence electrons. The van der Waals surface area contributed by atoms with Crippen LogP contribution in [0.1, 0.15) is 16.7 Å². The van der Waals surface area contributed by atoms with Crippen molar-refractivity contribution in [3.63, 3.8) is 0 Å². The Kier molecular flexibility index (Phi) is 6.83. The van der Waals surface area contributed by atoms with E-state index in [1.807, 2.05) is 73.7 Å². The molecule has 0 aliphatic carbocycles. The van der Waals surface area contributed by atoms with E-state index in [4.69, 9.17) is 4.74 Å². The van der Waals surface area contributed by atoms with Gasteiger partial charge in [-0.3, -0.25) is 4.79 Å². The summed E-state index contributed by atoms with van der Waals surface area (Å²) in [5.41, 5.74) is 3.40. The van der Waals surface area contributed by atoms with Gasteiger partial charge in [-0.05, 0) is 48.9 Å². The van der Waals surface area contributed by atoms with Crippen molar-refractivity contribution in [2.75, 3.05) is 5.32 Å². The van der Waals surface area contributed by atoms with Crippen LogP contribution in [-0.4, -0.2) is 5.91 Å². The Morgan fingerprint density at radius 2 is 1.83 bits per heavy atom. The van der Waals surface area contributed by atoms with E-state index in [-0.39, 0.29) is 5.57 Å². The standard InChI is InChI=1S/C24H19BrN2O2/c1-17-7-10-22(11-8-17)27-24(28)20(15-26)13-19-14-21(25)9-12-23(19)29-16-18-5-3-2-4-6-18/h2-14H,16H2,1H3,(H,27,28)/b20-13-. The number of rotatable bonds is 6. The van der Waals surface area contributed by atoms with Gasteiger partial charge < -0.3 is 10.1 Å². The molecule has 0 unspecified atom stereocenters. The summed E-state index contributed by atoms with van der Waals surface area (Å²) in [6.07, 6.45) is 1.54. The summed E-state index contributed by atoms with van der Waals surface area (Å²) in [4.78, 5) is 12.6. The number of anilines is 1. The molecule has 0 saturated heterocycles. The zero-order chi connectivity index (χ0) is 20.6. The molecule has 0 atom stereocenters. The van der Waals surface area contributed by atoms with Crippen molar-refractivity contribution in [2.24, 2.45) is 0 Å². The molecular weight excluding hydrogens is 428 g/mol. The Hall–Kier alpha value is -3.36. The van der Waals surface area contributed by atoms with Crippen LogP contribution < -0.4 is 10.1 Å². The van der Waals surface area contributed by atoms with Gasteiger partial charge in [-0.15, -0.1) is 0 Å². The number of carbonyl (C=O) groups is 1. The van der Waals surface area contributed by atoms with E-state index in [0.717, 1.165) is 15.6 Å². The molecular formula is C24H19BrN2O2. The third kappa shape index (κ3) is 5.81. The van der Waals surface area contributed by atoms with E-state index in [1.165, 1.54) is 6.08 Å². The van der Waals surface area contributed by atoms with Crippen LogP contribution in [0.25, 0.3) is 6.08 Å². The molecule has 5 heteroatoms. The number of hydrogen-bond acceptors (Lipinski definition) is 3. The third-order valence-corrected chi connectivity index (χ3v) is 4.68. The molecule has 4 nitrogen and oxygen atoms in total. The maximum Gasteiger partial charge on any atom is 0.266 e. The molecule has 0 radical (unpaired) electrons. The van der Waals surface area contributed by atoms with Gasteiger partial charge in [-0.25, -0.2) is 0 Å². The van der Waals surface area contributed by atoms with Gasteiger partial charge in [-0.2, -0.15) is 5.26 Å². The zero-order valence-electron chi connectivity index (χ0n) is 15.9. The predicted molar refractivity (Wildman–Crippen MR) is 118 cm³/mol. The van der Waals surface area contributed by atoms with E-state index < -0.39 is 5.91 Å². The topological polar surface area (TPSA) is 62.1 Å². The van der Waals surface area contributed by atoms with Gasteiger partial charge in [0.1, 0.15) is 24.0 Å². The largest absolute Gasteiger partial charge is 0.488 e. The highest BCUT2D eigenvalue weighted by atomic mass is 79.9. The molecule has 1 N–H and O–H groups in total. The second-order valence-electron chi connectivity index (χ2n) is 6.45. The minimum Gasteiger partial charge on any atom is -0.488 e. The zero-order valence-corrected chi connectivity index (χ0v) is 17.4. The lowest BCUT2D eigenvalue weighted by Gasteiger charge is -2.11. The first kappa shape index (κ1) is 20.4. The van der Waals surface area contributed by atoms with Gasteiger partial charge in [0.05, 0.1) is 0 Å². The monoisotopic (exact) mass is 446 g/mol. The van der Waals surface area contributed by atoms with E-state index in [2.05, 4.69) is 21.2 Å². The van der Waals surface area contributed by atoms with Crippen molar-refractivity contribution >= 4 is 33.6 Å². The molecule has 0 aromatic heterocycles. The van der Waals surface area contributed by atoms with Crippen LogP contribution in [0.2, 0.25) is 0 Å². The van der Waals surface area contributed by atoms with Crippen LogP contribution in [-0.2, 0) is 11.4 Å². The number of hydrogen-bond donors (Lipinski definition) is 1. The summed E-state index contributed by atoms with van der Waals surface area (Å²) in [6, 6.07) is 24.7. The summed E-state index contributed by atoms with van der Waals surface area (Å²) in [5.74, 6) is 0.123. The Morgan fingerprint density at radius 3 is 2.52 bits per heavy atom. The van der Waals surface area contributed by atoms with E-state index in [1.54, 1.807) is 12.1 Å². The van der Waals surface area contributed by atoms with Gasteiger partial charge in [-0.1, -0.05) is 64.0 Å². The lowest BCUT2D eigenvalue weighted by atomic mass is 10.1. The number of nitrogens with zero attached hydrogens (tertiary/aromatic N) is 1. The summed E-state index contributed by atoms with van der Waals surface area (Å²) in [7, 11) is 0. The fraction of sp³-hybridized carbons (Fsp3) is 0.0833. The van der Waals surface area contributed by atoms with Gasteiger partial charge >= 0.3 is 0 Å². The lowest BCUT2D eigenvalue weighted by molar-refractivity contribution is -0.112. The molecule has 0 fully saturated rings. The van der Waals surface area contributed by atoms with Gasteiger partial charge in [0, 0.05) is 15.7 Å². The SMILES string of the molecule is Cc1ccc(NC(=O)/C(C#N)=C\c2cc(Br)ccc2OCc2ccccc2)cc1. The molecule has 29 heavy (non-hydrogen) atoms. The summed E-state index contributed by atoms with van der Waals surface area (Å²) in [5, 5.41) is 12.3. The van der Waals surface area contributed by atoms with Crippen molar-refractivity contribution in [1.82, 2.24) is 0 Å². The lowest BCUT2D eigenvalue weighted by Crippen LogP contribution is -2.13. The van der Waals surface area contributed by atoms with Gasteiger partial charge in [0.2, 0.25) is 0 Å². The summed E-state index contributed by atoms with van der Waals surface area (Å²) >= 11 is 3.43. The van der Waals surface area contributed by atoms with Crippen LogP contribution in [0.4, 0.5) is 5.69 Å². The Bertz CT molecular complexity index is 1070. The first-order valence-corrected chi connectivity index (χ1v) is 9.80. The highest BCUT2D eigenvalue weighted by molar-refractivity contribution is 9.10. The highest BCUT2D eigenvalue weighted by Gasteiger charge is 2.12. The van der Waals surface area contributed by atoms with Crippen molar-refractivity contribution < 1.29 is 9.53 Å².